The van der Waals surface area contributed by atoms with Crippen LogP contribution in [-0.4, -0.2) is 41.7 Å². The van der Waals surface area contributed by atoms with Crippen LogP contribution in [0.2, 0.25) is 5.02 Å². The number of benzene rings is 1. The highest BCUT2D eigenvalue weighted by atomic mass is 35.5. The second-order valence-corrected chi connectivity index (χ2v) is 7.31. The lowest BCUT2D eigenvalue weighted by Crippen LogP contribution is -2.20. The van der Waals surface area contributed by atoms with E-state index in [-0.39, 0.29) is 17.1 Å². The van der Waals surface area contributed by atoms with Gasteiger partial charge in [-0.1, -0.05) is 16.8 Å². The van der Waals surface area contributed by atoms with Gasteiger partial charge in [-0.3, -0.25) is 4.79 Å². The maximum atomic E-state index is 13.1. The van der Waals surface area contributed by atoms with Gasteiger partial charge in [-0.25, -0.2) is 19.0 Å². The maximum absolute atomic E-state index is 13.1. The number of carbonyl (C=O) groups excluding carboxylic acids is 1. The van der Waals surface area contributed by atoms with Crippen LogP contribution in [0.4, 0.5) is 29.5 Å². The number of carbonyl (C=O) groups is 2. The van der Waals surface area contributed by atoms with Gasteiger partial charge < -0.3 is 16.2 Å². The van der Waals surface area contributed by atoms with Gasteiger partial charge >= 0.3 is 12.3 Å². The van der Waals surface area contributed by atoms with Gasteiger partial charge in [0.2, 0.25) is 0 Å². The standard InChI is InChI=1S/C20H13ClF3N7O3/c21-14-3-2-11(5-13(14)20(22,23)24)27-18(32)16-6-12(8-30(16)19(33)34)31-9-15(28-29-31)10-1-4-17(25)26-7-10/h1-9H,(H2,25,26)(H,27,32)(H,33,34). The Hall–Kier alpha value is -4.39. The van der Waals surface area contributed by atoms with Crippen LogP contribution >= 0.6 is 11.6 Å². The van der Waals surface area contributed by atoms with Gasteiger partial charge in [-0.05, 0) is 36.4 Å². The second kappa shape index (κ2) is 8.51. The molecule has 3 aromatic heterocycles. The number of aromatic nitrogens is 5. The van der Waals surface area contributed by atoms with Crippen LogP contribution in [0.1, 0.15) is 16.1 Å². The zero-order valence-corrected chi connectivity index (χ0v) is 17.5. The Kier molecular flexibility index (Phi) is 5.71. The Morgan fingerprint density at radius 1 is 1.12 bits per heavy atom. The average Bonchev–Trinajstić information content (AvgIpc) is 3.42. The molecule has 14 heteroatoms. The number of nitrogens with zero attached hydrogens (tertiary/aromatic N) is 5. The number of pyridine rings is 1. The number of amides is 1. The first kappa shape index (κ1) is 22.8. The van der Waals surface area contributed by atoms with Crippen molar-refractivity contribution >= 4 is 35.1 Å². The van der Waals surface area contributed by atoms with Crippen LogP contribution in [0.25, 0.3) is 16.9 Å². The van der Waals surface area contributed by atoms with Crippen LogP contribution in [0.3, 0.4) is 0 Å². The lowest BCUT2D eigenvalue weighted by molar-refractivity contribution is -0.137. The third kappa shape index (κ3) is 4.54. The zero-order valence-electron chi connectivity index (χ0n) is 16.8. The lowest BCUT2D eigenvalue weighted by Gasteiger charge is -2.12. The Morgan fingerprint density at radius 2 is 1.88 bits per heavy atom. The third-order valence-electron chi connectivity index (χ3n) is 4.61. The van der Waals surface area contributed by atoms with Crippen molar-refractivity contribution in [1.82, 2.24) is 24.5 Å². The summed E-state index contributed by atoms with van der Waals surface area (Å²) in [6.45, 7) is 0. The third-order valence-corrected chi connectivity index (χ3v) is 4.94. The molecule has 4 rings (SSSR count). The van der Waals surface area contributed by atoms with Crippen LogP contribution in [0, 0.1) is 0 Å². The van der Waals surface area contributed by atoms with Gasteiger partial charge in [-0.2, -0.15) is 13.2 Å². The van der Waals surface area contributed by atoms with E-state index in [1.54, 1.807) is 12.1 Å². The minimum atomic E-state index is -4.74. The molecule has 0 unspecified atom stereocenters. The summed E-state index contributed by atoms with van der Waals surface area (Å²) >= 11 is 5.59. The second-order valence-electron chi connectivity index (χ2n) is 6.90. The summed E-state index contributed by atoms with van der Waals surface area (Å²) in [7, 11) is 0. The van der Waals surface area contributed by atoms with Crippen molar-refractivity contribution < 1.29 is 27.9 Å². The number of hydrogen-bond acceptors (Lipinski definition) is 6. The maximum Gasteiger partial charge on any atom is 0.417 e. The smallest absolute Gasteiger partial charge is 0.417 e. The van der Waals surface area contributed by atoms with E-state index in [0.29, 0.717) is 27.7 Å². The molecule has 0 spiro atoms. The van der Waals surface area contributed by atoms with E-state index in [2.05, 4.69) is 20.6 Å². The van der Waals surface area contributed by atoms with Gasteiger partial charge in [0.05, 0.1) is 22.5 Å². The minimum absolute atomic E-state index is 0.168. The van der Waals surface area contributed by atoms with Crippen LogP contribution in [0.15, 0.2) is 55.0 Å². The lowest BCUT2D eigenvalue weighted by atomic mass is 10.2. The van der Waals surface area contributed by atoms with E-state index in [4.69, 9.17) is 17.3 Å². The molecule has 10 nitrogen and oxygen atoms in total. The highest BCUT2D eigenvalue weighted by molar-refractivity contribution is 6.31. The number of carboxylic acid groups (broad SMARTS) is 1. The van der Waals surface area contributed by atoms with Gasteiger partial charge in [0, 0.05) is 23.6 Å². The van der Waals surface area contributed by atoms with Gasteiger partial charge in [0.15, 0.2) is 0 Å². The SMILES string of the molecule is Nc1ccc(-c2cn(-c3cc(C(=O)Nc4ccc(Cl)c(C(F)(F)F)c4)n(C(=O)O)c3)nn2)cn1. The van der Waals surface area contributed by atoms with E-state index in [9.17, 15) is 27.9 Å². The van der Waals surface area contributed by atoms with E-state index < -0.39 is 28.8 Å². The molecule has 0 saturated carbocycles. The summed E-state index contributed by atoms with van der Waals surface area (Å²) in [4.78, 5) is 28.3. The molecular formula is C20H13ClF3N7O3. The van der Waals surface area contributed by atoms with Crippen LogP contribution in [0.5, 0.6) is 0 Å². The number of nitrogen functional groups attached to an aromatic ring is 1. The van der Waals surface area contributed by atoms with Gasteiger partial charge in [0.1, 0.15) is 17.2 Å². The quantitative estimate of drug-likeness (QED) is 0.389. The molecule has 0 fully saturated rings. The fraction of sp³-hybridized carbons (Fsp3) is 0.0500. The van der Waals surface area contributed by atoms with E-state index in [1.807, 2.05) is 0 Å². The van der Waals surface area contributed by atoms with Crippen molar-refractivity contribution in [3.8, 4) is 16.9 Å². The summed E-state index contributed by atoms with van der Waals surface area (Å²) in [6, 6.07) is 7.22. The van der Waals surface area contributed by atoms with Crippen molar-refractivity contribution in [3.05, 3.63) is 71.3 Å². The molecule has 0 atom stereocenters. The highest BCUT2D eigenvalue weighted by Gasteiger charge is 2.33. The Morgan fingerprint density at radius 3 is 2.53 bits per heavy atom. The van der Waals surface area contributed by atoms with Crippen LogP contribution in [-0.2, 0) is 6.18 Å². The summed E-state index contributed by atoms with van der Waals surface area (Å²) in [5.74, 6) is -0.652. The summed E-state index contributed by atoms with van der Waals surface area (Å²) in [6.07, 6.45) is -2.17. The number of hydrogen-bond donors (Lipinski definition) is 3. The number of anilines is 2. The molecule has 0 saturated heterocycles. The summed E-state index contributed by atoms with van der Waals surface area (Å²) in [5, 5.41) is 19.1. The molecule has 4 aromatic rings. The minimum Gasteiger partial charge on any atom is -0.464 e. The monoisotopic (exact) mass is 491 g/mol. The van der Waals surface area contributed by atoms with Crippen LogP contribution < -0.4 is 11.1 Å². The normalized spacial score (nSPS) is 11.4. The van der Waals surface area contributed by atoms with E-state index >= 15 is 0 Å². The first-order valence-corrected chi connectivity index (χ1v) is 9.69. The predicted octanol–water partition coefficient (Wildman–Crippen LogP) is 4.16. The number of alkyl halides is 3. The predicted molar refractivity (Wildman–Crippen MR) is 115 cm³/mol. The Labute approximate surface area is 193 Å². The molecule has 0 bridgehead atoms. The molecule has 1 amide bonds. The highest BCUT2D eigenvalue weighted by Crippen LogP contribution is 2.36. The molecule has 4 N–H and O–H groups in total. The number of halogens is 4. The molecule has 174 valence electrons. The molecule has 0 aliphatic heterocycles. The summed E-state index contributed by atoms with van der Waals surface area (Å²) in [5.41, 5.74) is 5.00. The largest absolute Gasteiger partial charge is 0.464 e. The van der Waals surface area contributed by atoms with Crippen molar-refractivity contribution in [2.75, 3.05) is 11.1 Å². The van der Waals surface area contributed by atoms with Gasteiger partial charge in [0.25, 0.3) is 5.91 Å². The zero-order chi connectivity index (χ0) is 24.6. The number of nitrogens with two attached hydrogens (primary N) is 1. The van der Waals surface area contributed by atoms with Gasteiger partial charge in [-0.15, -0.1) is 5.10 Å². The summed E-state index contributed by atoms with van der Waals surface area (Å²) < 4.78 is 41.1. The molecule has 34 heavy (non-hydrogen) atoms. The molecule has 0 aliphatic carbocycles. The molecule has 0 aliphatic rings. The van der Waals surface area contributed by atoms with E-state index in [1.165, 1.54) is 23.1 Å². The fourth-order valence-corrected chi connectivity index (χ4v) is 3.23. The number of rotatable bonds is 4. The molecule has 0 radical (unpaired) electrons. The number of nitrogens with one attached hydrogen (secondary N) is 1. The van der Waals surface area contributed by atoms with E-state index in [0.717, 1.165) is 18.3 Å². The first-order chi connectivity index (χ1) is 16.0. The van der Waals surface area contributed by atoms with Crippen molar-refractivity contribution in [3.63, 3.8) is 0 Å². The first-order valence-electron chi connectivity index (χ1n) is 9.31. The Balaban J connectivity index is 1.64. The molecule has 1 aromatic carbocycles. The Bertz CT molecular complexity index is 1400. The fourth-order valence-electron chi connectivity index (χ4n) is 3.00. The average molecular weight is 492 g/mol. The van der Waals surface area contributed by atoms with Crippen molar-refractivity contribution in [2.24, 2.45) is 0 Å². The van der Waals surface area contributed by atoms with Crippen molar-refractivity contribution in [1.29, 1.82) is 0 Å². The topological polar surface area (TPSA) is 141 Å². The van der Waals surface area contributed by atoms with Crippen molar-refractivity contribution in [2.45, 2.75) is 6.18 Å². The molecular weight excluding hydrogens is 479 g/mol. The molecule has 3 heterocycles.